The molecule has 2 unspecified atom stereocenters. The zero-order chi connectivity index (χ0) is 14.5. The molecular formula is C13H27ClN2O3S. The summed E-state index contributed by atoms with van der Waals surface area (Å²) in [6, 6.07) is 0.130. The molecule has 1 fully saturated rings. The first kappa shape index (κ1) is 19.7. The Hall–Kier alpha value is -0.330. The summed E-state index contributed by atoms with van der Waals surface area (Å²) in [5.41, 5.74) is 5.65. The summed E-state index contributed by atoms with van der Waals surface area (Å²) in [6.07, 6.45) is 3.14. The molecule has 1 aliphatic carbocycles. The van der Waals surface area contributed by atoms with Gasteiger partial charge >= 0.3 is 0 Å². The lowest BCUT2D eigenvalue weighted by Crippen LogP contribution is -2.40. The van der Waals surface area contributed by atoms with Gasteiger partial charge in [-0.25, -0.2) is 8.42 Å². The minimum absolute atomic E-state index is 0. The van der Waals surface area contributed by atoms with Crippen LogP contribution in [0.1, 0.15) is 39.5 Å². The van der Waals surface area contributed by atoms with Crippen molar-refractivity contribution in [2.24, 2.45) is 17.6 Å². The molecule has 1 saturated carbocycles. The van der Waals surface area contributed by atoms with E-state index < -0.39 is 9.84 Å². The smallest absolute Gasteiger partial charge is 0.221 e. The normalized spacial score (nSPS) is 22.6. The summed E-state index contributed by atoms with van der Waals surface area (Å²) in [4.78, 5) is 11.8. The predicted octanol–water partition coefficient (Wildman–Crippen LogP) is 1.11. The van der Waals surface area contributed by atoms with Crippen molar-refractivity contribution in [2.45, 2.75) is 45.6 Å². The Bertz CT molecular complexity index is 398. The van der Waals surface area contributed by atoms with Gasteiger partial charge in [0.2, 0.25) is 5.91 Å². The number of rotatable bonds is 7. The second-order valence-electron chi connectivity index (χ2n) is 5.86. The molecule has 0 aromatic rings. The van der Waals surface area contributed by atoms with Gasteiger partial charge in [-0.1, -0.05) is 20.3 Å². The molecule has 5 nitrogen and oxygen atoms in total. The highest BCUT2D eigenvalue weighted by molar-refractivity contribution is 7.91. The van der Waals surface area contributed by atoms with E-state index in [4.69, 9.17) is 5.73 Å². The average Bonchev–Trinajstić information content (AvgIpc) is 2.72. The summed E-state index contributed by atoms with van der Waals surface area (Å²) < 4.78 is 23.4. The number of amides is 1. The highest BCUT2D eigenvalue weighted by atomic mass is 35.5. The zero-order valence-corrected chi connectivity index (χ0v) is 13.9. The van der Waals surface area contributed by atoms with Crippen molar-refractivity contribution in [3.8, 4) is 0 Å². The molecule has 1 rings (SSSR count). The van der Waals surface area contributed by atoms with Crippen LogP contribution >= 0.6 is 12.4 Å². The van der Waals surface area contributed by atoms with Gasteiger partial charge in [-0.2, -0.15) is 0 Å². The maximum atomic E-state index is 11.8. The maximum Gasteiger partial charge on any atom is 0.221 e. The molecule has 2 atom stereocenters. The molecular weight excluding hydrogens is 300 g/mol. The summed E-state index contributed by atoms with van der Waals surface area (Å²) in [7, 11) is -3.11. The van der Waals surface area contributed by atoms with Crippen LogP contribution in [-0.2, 0) is 14.6 Å². The lowest BCUT2D eigenvalue weighted by Gasteiger charge is -2.19. The topological polar surface area (TPSA) is 89.3 Å². The number of nitrogens with one attached hydrogen (secondary N) is 1. The molecule has 0 aromatic carbocycles. The van der Waals surface area contributed by atoms with Crippen molar-refractivity contribution in [2.75, 3.05) is 18.1 Å². The molecule has 0 saturated heterocycles. The van der Waals surface area contributed by atoms with Gasteiger partial charge in [0.1, 0.15) is 0 Å². The number of hydrogen-bond donors (Lipinski definition) is 2. The Morgan fingerprint density at radius 2 is 2.00 bits per heavy atom. The zero-order valence-electron chi connectivity index (χ0n) is 12.3. The fraction of sp³-hybridized carbons (Fsp3) is 0.923. The second kappa shape index (κ2) is 8.85. The van der Waals surface area contributed by atoms with Crippen molar-refractivity contribution in [1.82, 2.24) is 5.32 Å². The lowest BCUT2D eigenvalue weighted by molar-refractivity contribution is -0.121. The summed E-state index contributed by atoms with van der Waals surface area (Å²) in [5, 5.41) is 2.92. The molecule has 0 heterocycles. The molecule has 0 radical (unpaired) electrons. The van der Waals surface area contributed by atoms with Crippen molar-refractivity contribution in [3.63, 3.8) is 0 Å². The van der Waals surface area contributed by atoms with Gasteiger partial charge in [0.15, 0.2) is 9.84 Å². The standard InChI is InChI=1S/C13H26N2O3S.ClH/c1-10(2)9-19(17,18)7-6-13(16)15-12-5-3-4-11(12)8-14;/h10-12H,3-9,14H2,1-2H3,(H,15,16);1H. The minimum Gasteiger partial charge on any atom is -0.353 e. The number of nitrogens with two attached hydrogens (primary N) is 1. The first-order valence-corrected chi connectivity index (χ1v) is 8.86. The molecule has 120 valence electrons. The molecule has 0 aliphatic heterocycles. The lowest BCUT2D eigenvalue weighted by atomic mass is 10.0. The molecule has 1 amide bonds. The Labute approximate surface area is 128 Å². The molecule has 20 heavy (non-hydrogen) atoms. The van der Waals surface area contributed by atoms with E-state index in [-0.39, 0.29) is 48.2 Å². The number of halogens is 1. The molecule has 3 N–H and O–H groups in total. The quantitative estimate of drug-likeness (QED) is 0.733. The van der Waals surface area contributed by atoms with E-state index in [0.29, 0.717) is 12.5 Å². The van der Waals surface area contributed by atoms with E-state index in [1.165, 1.54) is 0 Å². The first-order chi connectivity index (χ1) is 8.84. The van der Waals surface area contributed by atoms with E-state index >= 15 is 0 Å². The van der Waals surface area contributed by atoms with E-state index in [1.54, 1.807) is 0 Å². The van der Waals surface area contributed by atoms with Crippen LogP contribution in [0.3, 0.4) is 0 Å². The van der Waals surface area contributed by atoms with Crippen molar-refractivity contribution in [3.05, 3.63) is 0 Å². The van der Waals surface area contributed by atoms with Gasteiger partial charge in [-0.05, 0) is 31.2 Å². The number of hydrogen-bond acceptors (Lipinski definition) is 4. The third kappa shape index (κ3) is 6.90. The molecule has 7 heteroatoms. The predicted molar refractivity (Wildman–Crippen MR) is 83.7 cm³/mol. The Balaban J connectivity index is 0.00000361. The third-order valence-corrected chi connectivity index (χ3v) is 5.54. The Morgan fingerprint density at radius 1 is 1.35 bits per heavy atom. The largest absolute Gasteiger partial charge is 0.353 e. The van der Waals surface area contributed by atoms with E-state index in [9.17, 15) is 13.2 Å². The molecule has 0 bridgehead atoms. The monoisotopic (exact) mass is 326 g/mol. The first-order valence-electron chi connectivity index (χ1n) is 7.04. The summed E-state index contributed by atoms with van der Waals surface area (Å²) in [5.74, 6) is 0.366. The van der Waals surface area contributed by atoms with E-state index in [0.717, 1.165) is 19.3 Å². The van der Waals surface area contributed by atoms with Crippen LogP contribution < -0.4 is 11.1 Å². The highest BCUT2D eigenvalue weighted by Crippen LogP contribution is 2.24. The Morgan fingerprint density at radius 3 is 2.55 bits per heavy atom. The molecule has 0 spiro atoms. The van der Waals surface area contributed by atoms with E-state index in [2.05, 4.69) is 5.32 Å². The molecule has 1 aliphatic rings. The fourth-order valence-corrected chi connectivity index (χ4v) is 4.31. The van der Waals surface area contributed by atoms with Crippen molar-refractivity contribution < 1.29 is 13.2 Å². The Kier molecular flexibility index (Phi) is 8.70. The van der Waals surface area contributed by atoms with Crippen LogP contribution in [0.5, 0.6) is 0 Å². The second-order valence-corrected chi connectivity index (χ2v) is 8.09. The number of sulfone groups is 1. The molecule has 0 aromatic heterocycles. The third-order valence-electron chi connectivity index (χ3n) is 3.54. The van der Waals surface area contributed by atoms with Gasteiger partial charge in [0.25, 0.3) is 0 Å². The van der Waals surface area contributed by atoms with Crippen molar-refractivity contribution >= 4 is 28.2 Å². The van der Waals surface area contributed by atoms with Gasteiger partial charge in [0.05, 0.1) is 11.5 Å². The van der Waals surface area contributed by atoms with Crippen LogP contribution in [-0.4, -0.2) is 38.4 Å². The van der Waals surface area contributed by atoms with E-state index in [1.807, 2.05) is 13.8 Å². The van der Waals surface area contributed by atoms with Gasteiger partial charge in [-0.3, -0.25) is 4.79 Å². The number of carbonyl (C=O) groups is 1. The van der Waals surface area contributed by atoms with Gasteiger partial charge in [-0.15, -0.1) is 12.4 Å². The maximum absolute atomic E-state index is 11.8. The average molecular weight is 327 g/mol. The summed E-state index contributed by atoms with van der Waals surface area (Å²) in [6.45, 7) is 4.31. The number of carbonyl (C=O) groups excluding carboxylic acids is 1. The fourth-order valence-electron chi connectivity index (χ4n) is 2.63. The van der Waals surface area contributed by atoms with Crippen LogP contribution in [0, 0.1) is 11.8 Å². The van der Waals surface area contributed by atoms with Crippen LogP contribution in [0.25, 0.3) is 0 Å². The van der Waals surface area contributed by atoms with Gasteiger partial charge in [0, 0.05) is 12.5 Å². The highest BCUT2D eigenvalue weighted by Gasteiger charge is 2.27. The van der Waals surface area contributed by atoms with Crippen LogP contribution in [0.15, 0.2) is 0 Å². The van der Waals surface area contributed by atoms with Gasteiger partial charge < -0.3 is 11.1 Å². The van der Waals surface area contributed by atoms with Crippen LogP contribution in [0.4, 0.5) is 0 Å². The minimum atomic E-state index is -3.11. The van der Waals surface area contributed by atoms with Crippen LogP contribution in [0.2, 0.25) is 0 Å². The van der Waals surface area contributed by atoms with Crippen molar-refractivity contribution in [1.29, 1.82) is 0 Å². The summed E-state index contributed by atoms with van der Waals surface area (Å²) >= 11 is 0. The SMILES string of the molecule is CC(C)CS(=O)(=O)CCC(=O)NC1CCCC1CN.Cl.